The Morgan fingerprint density at radius 1 is 1.09 bits per heavy atom. The van der Waals surface area contributed by atoms with Gasteiger partial charge in [0.1, 0.15) is 5.75 Å². The summed E-state index contributed by atoms with van der Waals surface area (Å²) in [5.74, 6) is -0.810. The molecule has 0 fully saturated rings. The van der Waals surface area contributed by atoms with Crippen molar-refractivity contribution >= 4 is 17.3 Å². The molecule has 0 heterocycles. The zero-order valence-corrected chi connectivity index (χ0v) is 12.5. The van der Waals surface area contributed by atoms with Gasteiger partial charge in [-0.15, -0.1) is 13.2 Å². The summed E-state index contributed by atoms with van der Waals surface area (Å²) in [5, 5.41) is 2.55. The van der Waals surface area contributed by atoms with Crippen molar-refractivity contribution in [2.45, 2.75) is 6.36 Å². The van der Waals surface area contributed by atoms with E-state index in [0.717, 1.165) is 17.8 Å². The molecule has 0 bridgehead atoms. The number of ether oxygens (including phenoxy) is 1. The molecule has 0 atom stereocenters. The predicted molar refractivity (Wildman–Crippen MR) is 81.8 cm³/mol. The molecule has 0 saturated heterocycles. The average molecular weight is 324 g/mol. The summed E-state index contributed by atoms with van der Waals surface area (Å²) < 4.78 is 40.4. The van der Waals surface area contributed by atoms with Crippen molar-refractivity contribution in [1.29, 1.82) is 0 Å². The van der Waals surface area contributed by atoms with Crippen LogP contribution in [0.25, 0.3) is 0 Å². The van der Waals surface area contributed by atoms with Gasteiger partial charge in [-0.25, -0.2) is 0 Å². The Labute approximate surface area is 131 Å². The molecule has 0 radical (unpaired) electrons. The molecule has 0 saturated carbocycles. The van der Waals surface area contributed by atoms with Crippen molar-refractivity contribution in [1.82, 2.24) is 0 Å². The van der Waals surface area contributed by atoms with E-state index < -0.39 is 18.0 Å². The van der Waals surface area contributed by atoms with Crippen LogP contribution < -0.4 is 15.0 Å². The Hall–Kier alpha value is -2.70. The van der Waals surface area contributed by atoms with Gasteiger partial charge in [0, 0.05) is 37.1 Å². The summed E-state index contributed by atoms with van der Waals surface area (Å²) in [6.45, 7) is 0. The molecular weight excluding hydrogens is 309 g/mol. The molecule has 23 heavy (non-hydrogen) atoms. The van der Waals surface area contributed by atoms with Gasteiger partial charge in [0.2, 0.25) is 0 Å². The Balaban J connectivity index is 2.14. The molecule has 2 aromatic rings. The van der Waals surface area contributed by atoms with Crippen LogP contribution in [0.1, 0.15) is 10.4 Å². The van der Waals surface area contributed by atoms with Crippen molar-refractivity contribution in [2.24, 2.45) is 0 Å². The molecule has 0 unspecified atom stereocenters. The molecule has 0 aliphatic carbocycles. The molecule has 1 N–H and O–H groups in total. The third-order valence-electron chi connectivity index (χ3n) is 2.95. The highest BCUT2D eigenvalue weighted by molar-refractivity contribution is 6.04. The lowest BCUT2D eigenvalue weighted by molar-refractivity contribution is -0.274. The first-order valence-electron chi connectivity index (χ1n) is 6.69. The smallest absolute Gasteiger partial charge is 0.406 e. The number of hydrogen-bond donors (Lipinski definition) is 1. The van der Waals surface area contributed by atoms with Crippen LogP contribution in [0.3, 0.4) is 0 Å². The largest absolute Gasteiger partial charge is 0.573 e. The lowest BCUT2D eigenvalue weighted by Gasteiger charge is -2.14. The van der Waals surface area contributed by atoms with Gasteiger partial charge in [-0.05, 0) is 30.3 Å². The minimum absolute atomic E-state index is 0.215. The number of nitrogens with one attached hydrogen (secondary N) is 1. The molecule has 7 heteroatoms. The second kappa shape index (κ2) is 6.60. The van der Waals surface area contributed by atoms with Gasteiger partial charge in [-0.3, -0.25) is 4.79 Å². The number of benzene rings is 2. The first-order valence-corrected chi connectivity index (χ1v) is 6.69. The minimum Gasteiger partial charge on any atom is -0.406 e. The van der Waals surface area contributed by atoms with Gasteiger partial charge in [0.25, 0.3) is 5.91 Å². The number of carbonyl (C=O) groups is 1. The summed E-state index contributed by atoms with van der Waals surface area (Å²) in [6.07, 6.45) is -4.78. The average Bonchev–Trinajstić information content (AvgIpc) is 2.46. The van der Waals surface area contributed by atoms with Crippen LogP contribution in [0, 0.1) is 0 Å². The molecule has 0 aliphatic rings. The Morgan fingerprint density at radius 3 is 2.43 bits per heavy atom. The topological polar surface area (TPSA) is 41.6 Å². The van der Waals surface area contributed by atoms with Gasteiger partial charge in [-0.2, -0.15) is 0 Å². The van der Waals surface area contributed by atoms with Gasteiger partial charge in [-0.1, -0.05) is 12.1 Å². The van der Waals surface area contributed by atoms with E-state index in [9.17, 15) is 18.0 Å². The Bertz CT molecular complexity index is 700. The van der Waals surface area contributed by atoms with Crippen LogP contribution in [0.4, 0.5) is 24.5 Å². The Kier molecular flexibility index (Phi) is 4.78. The molecule has 122 valence electrons. The van der Waals surface area contributed by atoms with Crippen LogP contribution in [-0.2, 0) is 0 Å². The number of hydrogen-bond acceptors (Lipinski definition) is 3. The quantitative estimate of drug-likeness (QED) is 0.927. The molecule has 2 aromatic carbocycles. The molecular formula is C16H15F3N2O2. The molecule has 0 spiro atoms. The second-order valence-electron chi connectivity index (χ2n) is 4.97. The van der Waals surface area contributed by atoms with E-state index in [1.807, 2.05) is 25.1 Å². The number of alkyl halides is 3. The number of nitrogens with zero attached hydrogens (tertiary/aromatic N) is 1. The summed E-state index contributed by atoms with van der Waals surface area (Å²) >= 11 is 0. The molecule has 4 nitrogen and oxygen atoms in total. The SMILES string of the molecule is CN(C)c1cccc(C(=O)Nc2cccc(OC(F)(F)F)c2)c1. The highest BCUT2D eigenvalue weighted by Gasteiger charge is 2.31. The molecule has 2 rings (SSSR count). The van der Waals surface area contributed by atoms with Crippen LogP contribution in [0.2, 0.25) is 0 Å². The van der Waals surface area contributed by atoms with Crippen molar-refractivity contribution in [3.8, 4) is 5.75 Å². The standard InChI is InChI=1S/C16H15F3N2O2/c1-21(2)13-7-3-5-11(9-13)15(22)20-12-6-4-8-14(10-12)23-16(17,18)19/h3-10H,1-2H3,(H,20,22). The zero-order chi connectivity index (χ0) is 17.0. The summed E-state index contributed by atoms with van der Waals surface area (Å²) in [7, 11) is 3.68. The van der Waals surface area contributed by atoms with E-state index in [0.29, 0.717) is 5.56 Å². The van der Waals surface area contributed by atoms with E-state index in [2.05, 4.69) is 10.1 Å². The fourth-order valence-electron chi connectivity index (χ4n) is 1.90. The van der Waals surface area contributed by atoms with Gasteiger partial charge in [0.15, 0.2) is 0 Å². The number of anilines is 2. The lowest BCUT2D eigenvalue weighted by Crippen LogP contribution is -2.17. The fraction of sp³-hybridized carbons (Fsp3) is 0.188. The predicted octanol–water partition coefficient (Wildman–Crippen LogP) is 3.90. The monoisotopic (exact) mass is 324 g/mol. The third-order valence-corrected chi connectivity index (χ3v) is 2.95. The second-order valence-corrected chi connectivity index (χ2v) is 4.97. The zero-order valence-electron chi connectivity index (χ0n) is 12.5. The van der Waals surface area contributed by atoms with Gasteiger partial charge < -0.3 is 15.0 Å². The van der Waals surface area contributed by atoms with Crippen molar-refractivity contribution in [2.75, 3.05) is 24.3 Å². The highest BCUT2D eigenvalue weighted by atomic mass is 19.4. The number of carbonyl (C=O) groups excluding carboxylic acids is 1. The minimum atomic E-state index is -4.78. The van der Waals surface area contributed by atoms with Crippen molar-refractivity contribution in [3.05, 3.63) is 54.1 Å². The first-order chi connectivity index (χ1) is 10.7. The lowest BCUT2D eigenvalue weighted by atomic mass is 10.1. The van der Waals surface area contributed by atoms with E-state index >= 15 is 0 Å². The van der Waals surface area contributed by atoms with Gasteiger partial charge >= 0.3 is 6.36 Å². The molecule has 0 aromatic heterocycles. The van der Waals surface area contributed by atoms with Crippen LogP contribution in [0.5, 0.6) is 5.75 Å². The fourth-order valence-corrected chi connectivity index (χ4v) is 1.90. The maximum atomic E-state index is 12.2. The van der Waals surface area contributed by atoms with E-state index in [1.54, 1.807) is 18.2 Å². The molecule has 0 aliphatic heterocycles. The summed E-state index contributed by atoms with van der Waals surface area (Å²) in [6, 6.07) is 12.0. The maximum absolute atomic E-state index is 12.2. The number of halogens is 3. The third kappa shape index (κ3) is 4.91. The van der Waals surface area contributed by atoms with Crippen molar-refractivity contribution in [3.63, 3.8) is 0 Å². The molecule has 1 amide bonds. The summed E-state index contributed by atoms with van der Waals surface area (Å²) in [4.78, 5) is 14.0. The first kappa shape index (κ1) is 16.7. The maximum Gasteiger partial charge on any atom is 0.573 e. The van der Waals surface area contributed by atoms with Crippen LogP contribution in [0.15, 0.2) is 48.5 Å². The highest BCUT2D eigenvalue weighted by Crippen LogP contribution is 2.25. The number of rotatable bonds is 4. The van der Waals surface area contributed by atoms with Gasteiger partial charge in [0.05, 0.1) is 0 Å². The Morgan fingerprint density at radius 2 is 1.78 bits per heavy atom. The summed E-state index contributed by atoms with van der Waals surface area (Å²) in [5.41, 5.74) is 1.46. The normalized spacial score (nSPS) is 11.0. The van der Waals surface area contributed by atoms with E-state index in [1.165, 1.54) is 12.1 Å². The van der Waals surface area contributed by atoms with Crippen LogP contribution in [-0.4, -0.2) is 26.4 Å². The van der Waals surface area contributed by atoms with Crippen LogP contribution >= 0.6 is 0 Å². The van der Waals surface area contributed by atoms with Crippen molar-refractivity contribution < 1.29 is 22.7 Å². The van der Waals surface area contributed by atoms with E-state index in [4.69, 9.17) is 0 Å². The van der Waals surface area contributed by atoms with E-state index in [-0.39, 0.29) is 5.69 Å². The number of amides is 1.